The van der Waals surface area contributed by atoms with Crippen LogP contribution < -0.4 is 0 Å². The van der Waals surface area contributed by atoms with Crippen LogP contribution in [0.15, 0.2) is 12.2 Å². The zero-order valence-corrected chi connectivity index (χ0v) is 6.62. The van der Waals surface area contributed by atoms with E-state index in [9.17, 15) is 0 Å². The molecule has 0 atom stereocenters. The maximum atomic E-state index is 3.45. The number of halogens is 1. The van der Waals surface area contributed by atoms with Crippen molar-refractivity contribution in [3.05, 3.63) is 12.2 Å². The quantitative estimate of drug-likeness (QED) is 0.411. The van der Waals surface area contributed by atoms with Gasteiger partial charge in [-0.25, -0.2) is 0 Å². The molecule has 0 aliphatic heterocycles. The molecule has 0 saturated carbocycles. The van der Waals surface area contributed by atoms with Crippen LogP contribution in [0.25, 0.3) is 0 Å². The van der Waals surface area contributed by atoms with Gasteiger partial charge < -0.3 is 0 Å². The van der Waals surface area contributed by atoms with Gasteiger partial charge in [-0.3, -0.25) is 0 Å². The lowest BCUT2D eigenvalue weighted by Gasteiger charge is -2.06. The van der Waals surface area contributed by atoms with E-state index < -0.39 is 0 Å². The molecular weight excluding hydrogens is 152 g/mol. The number of alkyl halides is 1. The average molecular weight is 163 g/mol. The third-order valence-corrected chi connectivity index (χ3v) is 0.827. The summed E-state index contributed by atoms with van der Waals surface area (Å²) in [5.41, 5.74) is 0. The third-order valence-electron chi connectivity index (χ3n) is 0.563. The molecule has 0 amide bonds. The van der Waals surface area contributed by atoms with Crippen LogP contribution in [0.4, 0.5) is 0 Å². The molecule has 0 fully saturated rings. The molecule has 0 aromatic heterocycles. The summed E-state index contributed by atoms with van der Waals surface area (Å²) in [5.74, 6) is 0. The monoisotopic (exact) mass is 162 g/mol. The van der Waals surface area contributed by atoms with Gasteiger partial charge in [0.05, 0.1) is 0 Å². The maximum Gasteiger partial charge on any atom is 0.0380 e. The van der Waals surface area contributed by atoms with Crippen molar-refractivity contribution in [2.75, 3.05) is 0 Å². The number of allylic oxidation sites excluding steroid dienone is 2. The molecule has 0 nitrogen and oxygen atoms in total. The van der Waals surface area contributed by atoms with Gasteiger partial charge in [-0.15, -0.1) is 0 Å². The summed E-state index contributed by atoms with van der Waals surface area (Å²) in [5, 5.41) is 0. The van der Waals surface area contributed by atoms with E-state index >= 15 is 0 Å². The maximum absolute atomic E-state index is 3.45. The Morgan fingerprint density at radius 2 is 1.86 bits per heavy atom. The number of rotatable bonds is 1. The second kappa shape index (κ2) is 2.51. The Balaban J connectivity index is 3.56. The fourth-order valence-electron chi connectivity index (χ4n) is 0.396. The van der Waals surface area contributed by atoms with Gasteiger partial charge in [-0.05, 0) is 20.8 Å². The van der Waals surface area contributed by atoms with Gasteiger partial charge in [0.1, 0.15) is 0 Å². The summed E-state index contributed by atoms with van der Waals surface area (Å²) in [6, 6.07) is 0. The van der Waals surface area contributed by atoms with Crippen molar-refractivity contribution in [2.24, 2.45) is 0 Å². The summed E-state index contributed by atoms with van der Waals surface area (Å²) in [4.78, 5) is 0. The van der Waals surface area contributed by atoms with Crippen LogP contribution in [0, 0.1) is 0 Å². The van der Waals surface area contributed by atoms with E-state index in [2.05, 4.69) is 35.9 Å². The Labute approximate surface area is 53.7 Å². The highest BCUT2D eigenvalue weighted by Crippen LogP contribution is 2.16. The van der Waals surface area contributed by atoms with E-state index in [1.54, 1.807) is 0 Å². The molecular formula is C6H11Br. The van der Waals surface area contributed by atoms with E-state index in [4.69, 9.17) is 0 Å². The van der Waals surface area contributed by atoms with Crippen LogP contribution in [0.3, 0.4) is 0 Å². The van der Waals surface area contributed by atoms with E-state index in [1.165, 1.54) is 0 Å². The molecule has 0 aliphatic rings. The minimum absolute atomic E-state index is 0.182. The minimum atomic E-state index is 0.182. The Kier molecular flexibility index (Phi) is 2.59. The van der Waals surface area contributed by atoms with Crippen LogP contribution in [-0.2, 0) is 0 Å². The predicted molar refractivity (Wildman–Crippen MR) is 37.8 cm³/mol. The van der Waals surface area contributed by atoms with Crippen LogP contribution in [-0.4, -0.2) is 4.32 Å². The largest absolute Gasteiger partial charge is 0.0903 e. The highest BCUT2D eigenvalue weighted by Gasteiger charge is 2.03. The number of hydrogen-bond acceptors (Lipinski definition) is 0. The first kappa shape index (κ1) is 7.22. The molecule has 0 bridgehead atoms. The second-order valence-corrected chi connectivity index (χ2v) is 4.11. The van der Waals surface area contributed by atoms with Crippen LogP contribution in [0.1, 0.15) is 20.8 Å². The average Bonchev–Trinajstić information content (AvgIpc) is 1.30. The second-order valence-electron chi connectivity index (χ2n) is 2.06. The summed E-state index contributed by atoms with van der Waals surface area (Å²) >= 11 is 3.45. The molecule has 0 aromatic carbocycles. The molecule has 0 aromatic rings. The molecule has 7 heavy (non-hydrogen) atoms. The van der Waals surface area contributed by atoms with Crippen molar-refractivity contribution < 1.29 is 0 Å². The van der Waals surface area contributed by atoms with Crippen molar-refractivity contribution in [2.45, 2.75) is 25.1 Å². The smallest absolute Gasteiger partial charge is 0.0380 e. The van der Waals surface area contributed by atoms with E-state index in [0.717, 1.165) is 0 Å². The highest BCUT2D eigenvalue weighted by atomic mass is 79.9. The predicted octanol–water partition coefficient (Wildman–Crippen LogP) is 2.74. The van der Waals surface area contributed by atoms with E-state index in [0.29, 0.717) is 0 Å². The van der Waals surface area contributed by atoms with Gasteiger partial charge in [0.2, 0.25) is 0 Å². The summed E-state index contributed by atoms with van der Waals surface area (Å²) < 4.78 is 0.182. The van der Waals surface area contributed by atoms with E-state index in [-0.39, 0.29) is 4.32 Å². The summed E-state index contributed by atoms with van der Waals surface area (Å²) in [6.45, 7) is 6.23. The van der Waals surface area contributed by atoms with Crippen molar-refractivity contribution in [3.63, 3.8) is 0 Å². The molecule has 0 spiro atoms. The Hall–Kier alpha value is 0.220. The minimum Gasteiger partial charge on any atom is -0.0903 e. The molecule has 42 valence electrons. The van der Waals surface area contributed by atoms with Crippen molar-refractivity contribution >= 4 is 15.9 Å². The Morgan fingerprint density at radius 3 is 1.86 bits per heavy atom. The third kappa shape index (κ3) is 6.22. The van der Waals surface area contributed by atoms with Crippen molar-refractivity contribution in [1.29, 1.82) is 0 Å². The fraction of sp³-hybridized carbons (Fsp3) is 0.667. The van der Waals surface area contributed by atoms with Gasteiger partial charge in [-0.1, -0.05) is 28.1 Å². The molecule has 0 unspecified atom stereocenters. The topological polar surface area (TPSA) is 0 Å². The zero-order chi connectivity index (χ0) is 5.91. The SMILES string of the molecule is C/C=C\C(C)(C)Br. The van der Waals surface area contributed by atoms with Gasteiger partial charge in [0.15, 0.2) is 0 Å². The molecule has 0 saturated heterocycles. The van der Waals surface area contributed by atoms with Crippen LogP contribution >= 0.6 is 15.9 Å². The fourth-order valence-corrected chi connectivity index (χ4v) is 0.661. The molecule has 0 aliphatic carbocycles. The molecule has 0 radical (unpaired) electrons. The first-order valence-electron chi connectivity index (χ1n) is 2.39. The van der Waals surface area contributed by atoms with Crippen LogP contribution in [0.5, 0.6) is 0 Å². The zero-order valence-electron chi connectivity index (χ0n) is 5.03. The normalized spacial score (nSPS) is 13.1. The first-order valence-corrected chi connectivity index (χ1v) is 3.18. The lowest BCUT2D eigenvalue weighted by atomic mass is 10.2. The summed E-state index contributed by atoms with van der Waals surface area (Å²) in [6.07, 6.45) is 4.14. The first-order chi connectivity index (χ1) is 3.06. The highest BCUT2D eigenvalue weighted by molar-refractivity contribution is 9.10. The summed E-state index contributed by atoms with van der Waals surface area (Å²) in [7, 11) is 0. The van der Waals surface area contributed by atoms with Gasteiger partial charge in [0, 0.05) is 4.32 Å². The Bertz CT molecular complexity index is 66.7. The van der Waals surface area contributed by atoms with Crippen molar-refractivity contribution in [1.82, 2.24) is 0 Å². The van der Waals surface area contributed by atoms with Crippen molar-refractivity contribution in [3.8, 4) is 0 Å². The van der Waals surface area contributed by atoms with Gasteiger partial charge in [0.25, 0.3) is 0 Å². The molecule has 1 heteroatoms. The van der Waals surface area contributed by atoms with Gasteiger partial charge >= 0.3 is 0 Å². The number of hydrogen-bond donors (Lipinski definition) is 0. The lowest BCUT2D eigenvalue weighted by molar-refractivity contribution is 0.919. The molecule has 0 N–H and O–H groups in total. The van der Waals surface area contributed by atoms with Crippen LogP contribution in [0.2, 0.25) is 0 Å². The molecule has 0 rings (SSSR count). The Morgan fingerprint density at radius 1 is 1.43 bits per heavy atom. The standard InChI is InChI=1S/C6H11Br/c1-4-5-6(2,3)7/h4-5H,1-3H3/b5-4-. The van der Waals surface area contributed by atoms with Gasteiger partial charge in [-0.2, -0.15) is 0 Å². The molecule has 0 heterocycles. The van der Waals surface area contributed by atoms with E-state index in [1.807, 2.05) is 13.0 Å². The lowest BCUT2D eigenvalue weighted by Crippen LogP contribution is -2.01.